The number of carbonyl (C=O) groups excluding carboxylic acids is 1. The van der Waals surface area contributed by atoms with Crippen LogP contribution in [0.5, 0.6) is 0 Å². The summed E-state index contributed by atoms with van der Waals surface area (Å²) < 4.78 is 4.70. The number of carbonyl (C=O) groups is 1. The van der Waals surface area contributed by atoms with E-state index >= 15 is 0 Å². The summed E-state index contributed by atoms with van der Waals surface area (Å²) in [6, 6.07) is 13.4. The van der Waals surface area contributed by atoms with Crippen molar-refractivity contribution in [2.75, 3.05) is 12.8 Å². The van der Waals surface area contributed by atoms with E-state index in [-0.39, 0.29) is 0 Å². The Hall–Kier alpha value is -1.98. The first-order valence-corrected chi connectivity index (χ1v) is 8.15. The molecule has 2 aromatic carbocycles. The molecule has 0 unspecified atom stereocenters. The van der Waals surface area contributed by atoms with E-state index in [0.717, 1.165) is 21.6 Å². The molecule has 0 aliphatic carbocycles. The van der Waals surface area contributed by atoms with Crippen molar-refractivity contribution in [1.29, 1.82) is 0 Å². The number of anilines is 1. The molecular formula is C18H21NO3S. The molecule has 0 saturated carbocycles. The molecule has 2 atom stereocenters. The van der Waals surface area contributed by atoms with Gasteiger partial charge in [0.2, 0.25) is 0 Å². The van der Waals surface area contributed by atoms with Gasteiger partial charge in [-0.2, -0.15) is 0 Å². The number of aliphatic hydroxyl groups excluding tert-OH is 1. The van der Waals surface area contributed by atoms with Gasteiger partial charge in [0, 0.05) is 10.6 Å². The van der Waals surface area contributed by atoms with Crippen LogP contribution in [-0.4, -0.2) is 24.3 Å². The van der Waals surface area contributed by atoms with Crippen LogP contribution >= 0.6 is 11.8 Å². The Morgan fingerprint density at radius 3 is 2.35 bits per heavy atom. The zero-order valence-corrected chi connectivity index (χ0v) is 14.3. The van der Waals surface area contributed by atoms with Crippen molar-refractivity contribution in [3.63, 3.8) is 0 Å². The van der Waals surface area contributed by atoms with Gasteiger partial charge in [-0.25, -0.2) is 4.79 Å². The summed E-state index contributed by atoms with van der Waals surface area (Å²) in [5, 5.41) is 9.89. The SMILES string of the molecule is COC(=O)[C@H](O)[C@H](Sc1cc(C)ccc1N)c1ccc(C)cc1. The van der Waals surface area contributed by atoms with E-state index in [1.807, 2.05) is 56.3 Å². The second kappa shape index (κ2) is 7.53. The predicted molar refractivity (Wildman–Crippen MR) is 93.4 cm³/mol. The van der Waals surface area contributed by atoms with Crippen LogP contribution in [0.15, 0.2) is 47.4 Å². The number of aliphatic hydroxyl groups is 1. The molecule has 2 aromatic rings. The number of thioether (sulfide) groups is 1. The summed E-state index contributed by atoms with van der Waals surface area (Å²) in [5.41, 5.74) is 9.67. The molecule has 0 aliphatic heterocycles. The summed E-state index contributed by atoms with van der Waals surface area (Å²) in [5.74, 6) is -0.658. The highest BCUT2D eigenvalue weighted by atomic mass is 32.2. The van der Waals surface area contributed by atoms with Gasteiger partial charge in [-0.15, -0.1) is 11.8 Å². The molecule has 3 N–H and O–H groups in total. The molecule has 0 heterocycles. The summed E-state index contributed by atoms with van der Waals surface area (Å²) in [6.07, 6.45) is -1.27. The summed E-state index contributed by atoms with van der Waals surface area (Å²) >= 11 is 1.36. The third kappa shape index (κ3) is 4.27. The van der Waals surface area contributed by atoms with E-state index in [2.05, 4.69) is 0 Å². The average molecular weight is 331 g/mol. The van der Waals surface area contributed by atoms with Crippen LogP contribution in [-0.2, 0) is 9.53 Å². The molecular weight excluding hydrogens is 310 g/mol. The number of nitrogen functional groups attached to an aromatic ring is 1. The van der Waals surface area contributed by atoms with E-state index in [9.17, 15) is 9.90 Å². The molecule has 0 aliphatic rings. The standard InChI is InChI=1S/C18H21NO3S/c1-11-4-7-13(8-5-11)17(16(20)18(21)22-3)23-15-10-12(2)6-9-14(15)19/h4-10,16-17,20H,19H2,1-3H3/t16-,17-/m1/s1. The highest BCUT2D eigenvalue weighted by Gasteiger charge is 2.30. The molecule has 5 heteroatoms. The Balaban J connectivity index is 2.38. The normalized spacial score (nSPS) is 13.4. The molecule has 122 valence electrons. The molecule has 23 heavy (non-hydrogen) atoms. The molecule has 0 aromatic heterocycles. The Labute approximate surface area is 140 Å². The van der Waals surface area contributed by atoms with Crippen LogP contribution in [0.1, 0.15) is 21.9 Å². The van der Waals surface area contributed by atoms with Gasteiger partial charge in [0.15, 0.2) is 6.10 Å². The van der Waals surface area contributed by atoms with Crippen molar-refractivity contribution in [2.45, 2.75) is 30.1 Å². The third-order valence-electron chi connectivity index (χ3n) is 3.56. The van der Waals surface area contributed by atoms with Gasteiger partial charge in [-0.1, -0.05) is 35.9 Å². The zero-order chi connectivity index (χ0) is 17.0. The molecule has 0 fully saturated rings. The van der Waals surface area contributed by atoms with Gasteiger partial charge in [0.05, 0.1) is 12.4 Å². The fourth-order valence-corrected chi connectivity index (χ4v) is 3.46. The number of hydrogen-bond donors (Lipinski definition) is 2. The van der Waals surface area contributed by atoms with Crippen LogP contribution in [0.4, 0.5) is 5.69 Å². The lowest BCUT2D eigenvalue weighted by Gasteiger charge is -2.22. The predicted octanol–water partition coefficient (Wildman–Crippen LogP) is 3.25. The Morgan fingerprint density at radius 1 is 1.13 bits per heavy atom. The molecule has 0 bridgehead atoms. The number of benzene rings is 2. The highest BCUT2D eigenvalue weighted by molar-refractivity contribution is 7.99. The largest absolute Gasteiger partial charge is 0.467 e. The molecule has 0 saturated heterocycles. The van der Waals surface area contributed by atoms with Gasteiger partial charge in [0.25, 0.3) is 0 Å². The second-order valence-corrected chi connectivity index (χ2v) is 6.64. The van der Waals surface area contributed by atoms with Gasteiger partial charge in [-0.3, -0.25) is 0 Å². The molecule has 0 amide bonds. The van der Waals surface area contributed by atoms with Crippen LogP contribution in [0.25, 0.3) is 0 Å². The number of aryl methyl sites for hydroxylation is 2. The number of rotatable bonds is 5. The van der Waals surface area contributed by atoms with E-state index < -0.39 is 17.3 Å². The van der Waals surface area contributed by atoms with Gasteiger partial charge in [-0.05, 0) is 37.1 Å². The second-order valence-electron chi connectivity index (χ2n) is 5.46. The molecule has 0 spiro atoms. The first kappa shape index (κ1) is 17.4. The maximum Gasteiger partial charge on any atom is 0.336 e. The fourth-order valence-electron chi connectivity index (χ4n) is 2.20. The maximum atomic E-state index is 11.8. The minimum Gasteiger partial charge on any atom is -0.467 e. The number of ether oxygens (including phenoxy) is 1. The number of hydrogen-bond acceptors (Lipinski definition) is 5. The van der Waals surface area contributed by atoms with E-state index in [1.54, 1.807) is 0 Å². The zero-order valence-electron chi connectivity index (χ0n) is 13.4. The van der Waals surface area contributed by atoms with Crippen molar-refractivity contribution >= 4 is 23.4 Å². The van der Waals surface area contributed by atoms with Crippen molar-refractivity contribution in [3.8, 4) is 0 Å². The first-order valence-electron chi connectivity index (χ1n) is 7.27. The van der Waals surface area contributed by atoms with Gasteiger partial charge >= 0.3 is 5.97 Å². The van der Waals surface area contributed by atoms with Crippen LogP contribution in [0.2, 0.25) is 0 Å². The lowest BCUT2D eigenvalue weighted by Crippen LogP contribution is -2.27. The van der Waals surface area contributed by atoms with E-state index in [4.69, 9.17) is 10.5 Å². The first-order chi connectivity index (χ1) is 10.9. The topological polar surface area (TPSA) is 72.5 Å². The van der Waals surface area contributed by atoms with Gasteiger partial charge < -0.3 is 15.6 Å². The average Bonchev–Trinajstić information content (AvgIpc) is 2.55. The quantitative estimate of drug-likeness (QED) is 0.500. The fraction of sp³-hybridized carbons (Fsp3) is 0.278. The Morgan fingerprint density at radius 2 is 1.74 bits per heavy atom. The lowest BCUT2D eigenvalue weighted by atomic mass is 10.1. The van der Waals surface area contributed by atoms with Crippen LogP contribution in [0.3, 0.4) is 0 Å². The van der Waals surface area contributed by atoms with Crippen molar-refractivity contribution in [2.24, 2.45) is 0 Å². The number of nitrogens with two attached hydrogens (primary N) is 1. The number of methoxy groups -OCH3 is 1. The Bertz CT molecular complexity index is 685. The maximum absolute atomic E-state index is 11.8. The van der Waals surface area contributed by atoms with Crippen molar-refractivity contribution in [1.82, 2.24) is 0 Å². The minimum absolute atomic E-state index is 0.493. The summed E-state index contributed by atoms with van der Waals surface area (Å²) in [6.45, 7) is 3.96. The van der Waals surface area contributed by atoms with Crippen LogP contribution in [0, 0.1) is 13.8 Å². The highest BCUT2D eigenvalue weighted by Crippen LogP contribution is 2.41. The van der Waals surface area contributed by atoms with Crippen LogP contribution < -0.4 is 5.73 Å². The summed E-state index contributed by atoms with van der Waals surface area (Å²) in [4.78, 5) is 12.7. The molecule has 4 nitrogen and oxygen atoms in total. The lowest BCUT2D eigenvalue weighted by molar-refractivity contribution is -0.150. The van der Waals surface area contributed by atoms with Gasteiger partial charge in [0.1, 0.15) is 0 Å². The van der Waals surface area contributed by atoms with Crippen molar-refractivity contribution in [3.05, 3.63) is 59.2 Å². The number of esters is 1. The monoisotopic (exact) mass is 331 g/mol. The van der Waals surface area contributed by atoms with E-state index in [0.29, 0.717) is 5.69 Å². The van der Waals surface area contributed by atoms with Crippen molar-refractivity contribution < 1.29 is 14.6 Å². The Kier molecular flexibility index (Phi) is 5.69. The molecule has 0 radical (unpaired) electrons. The minimum atomic E-state index is -1.27. The smallest absolute Gasteiger partial charge is 0.336 e. The third-order valence-corrected chi connectivity index (χ3v) is 4.95. The van der Waals surface area contributed by atoms with E-state index in [1.165, 1.54) is 18.9 Å². The molecule has 2 rings (SSSR count). The summed E-state index contributed by atoms with van der Waals surface area (Å²) in [7, 11) is 1.27.